The molecule has 9 heavy (non-hydrogen) atoms. The highest BCUT2D eigenvalue weighted by molar-refractivity contribution is 6.52. The van der Waals surface area contributed by atoms with Crippen molar-refractivity contribution in [2.75, 3.05) is 0 Å². The fraction of sp³-hybridized carbons (Fsp3) is 0.200. The van der Waals surface area contributed by atoms with Crippen LogP contribution in [0.1, 0.15) is 0 Å². The van der Waals surface area contributed by atoms with Crippen molar-refractivity contribution in [3.05, 3.63) is 11.2 Å². The van der Waals surface area contributed by atoms with Gasteiger partial charge in [-0.3, -0.25) is 9.79 Å². The monoisotopic (exact) mass is 163 g/mol. The fourth-order valence-electron chi connectivity index (χ4n) is 0.447. The number of aliphatic imine (C=N–C) groups is 1. The Kier molecular flexibility index (Phi) is 1.88. The number of alkyl halides is 1. The molecule has 0 N–H and O–H groups in total. The van der Waals surface area contributed by atoms with Gasteiger partial charge in [-0.25, -0.2) is 0 Å². The highest BCUT2D eigenvalue weighted by Gasteiger charge is 2.18. The van der Waals surface area contributed by atoms with Crippen molar-refractivity contribution in [1.82, 2.24) is 0 Å². The Morgan fingerprint density at radius 2 is 2.33 bits per heavy atom. The Hall–Kier alpha value is -0.340. The molecule has 1 aliphatic heterocycles. The summed E-state index contributed by atoms with van der Waals surface area (Å²) < 4.78 is 0. The van der Waals surface area contributed by atoms with E-state index in [4.69, 9.17) is 23.2 Å². The van der Waals surface area contributed by atoms with E-state index < -0.39 is 5.38 Å². The van der Waals surface area contributed by atoms with Gasteiger partial charge in [-0.15, -0.1) is 11.6 Å². The van der Waals surface area contributed by atoms with E-state index in [1.54, 1.807) is 0 Å². The second-order valence-electron chi connectivity index (χ2n) is 1.54. The number of allylic oxidation sites excluding steroid dienone is 1. The number of nitrogens with zero attached hydrogens (tertiary/aromatic N) is 1. The molecule has 0 bridgehead atoms. The van der Waals surface area contributed by atoms with Crippen LogP contribution in [0.15, 0.2) is 16.2 Å². The average molecular weight is 164 g/mol. The van der Waals surface area contributed by atoms with Crippen molar-refractivity contribution < 1.29 is 4.79 Å². The molecule has 0 aromatic carbocycles. The third-order valence-electron chi connectivity index (χ3n) is 0.891. The van der Waals surface area contributed by atoms with Crippen LogP contribution in [0.4, 0.5) is 0 Å². The van der Waals surface area contributed by atoms with Crippen molar-refractivity contribution in [2.24, 2.45) is 4.99 Å². The molecule has 0 aromatic rings. The summed E-state index contributed by atoms with van der Waals surface area (Å²) in [5, 5.41) is -0.583. The average Bonchev–Trinajstić information content (AvgIpc) is 1.83. The van der Waals surface area contributed by atoms with Crippen molar-refractivity contribution in [3.8, 4) is 0 Å². The van der Waals surface area contributed by atoms with Crippen LogP contribution in [0.3, 0.4) is 0 Å². The maximum Gasteiger partial charge on any atom is 0.198 e. The van der Waals surface area contributed by atoms with Gasteiger partial charge in [-0.05, 0) is 0 Å². The zero-order valence-corrected chi connectivity index (χ0v) is 5.86. The fourth-order valence-corrected chi connectivity index (χ4v) is 0.859. The number of rotatable bonds is 0. The number of halogens is 2. The van der Waals surface area contributed by atoms with E-state index in [1.807, 2.05) is 0 Å². The number of hydrogen-bond acceptors (Lipinski definition) is 2. The number of Topliss-reactive ketones (excluding diaryl/α,β-unsaturated/α-hetero) is 1. The van der Waals surface area contributed by atoms with Gasteiger partial charge in [0.25, 0.3) is 0 Å². The second-order valence-corrected chi connectivity index (χ2v) is 2.42. The molecular weight excluding hydrogens is 161 g/mol. The number of carbonyl (C=O) groups is 1. The Balaban J connectivity index is 2.86. The molecule has 0 aromatic heterocycles. The summed E-state index contributed by atoms with van der Waals surface area (Å²) >= 11 is 10.8. The summed E-state index contributed by atoms with van der Waals surface area (Å²) in [4.78, 5) is 14.3. The van der Waals surface area contributed by atoms with Crippen LogP contribution >= 0.6 is 23.2 Å². The SMILES string of the molecule is O=C1C(Cl)=CN=CC1Cl. The molecular formula is C5H3Cl2NO. The third-order valence-corrected chi connectivity index (χ3v) is 1.49. The first-order valence-electron chi connectivity index (χ1n) is 2.29. The molecule has 0 aliphatic carbocycles. The quantitative estimate of drug-likeness (QED) is 0.496. The lowest BCUT2D eigenvalue weighted by atomic mass is 10.2. The molecule has 1 rings (SSSR count). The van der Waals surface area contributed by atoms with Crippen molar-refractivity contribution in [2.45, 2.75) is 5.38 Å². The van der Waals surface area contributed by atoms with Gasteiger partial charge < -0.3 is 0 Å². The zero-order valence-electron chi connectivity index (χ0n) is 4.34. The summed E-state index contributed by atoms with van der Waals surface area (Å²) in [6.07, 6.45) is 2.62. The predicted molar refractivity (Wildman–Crippen MR) is 37.1 cm³/mol. The molecule has 0 spiro atoms. The minimum absolute atomic E-state index is 0.0949. The highest BCUT2D eigenvalue weighted by Crippen LogP contribution is 2.12. The largest absolute Gasteiger partial charge is 0.291 e. The van der Waals surface area contributed by atoms with Crippen LogP contribution in [0.5, 0.6) is 0 Å². The van der Waals surface area contributed by atoms with Crippen LogP contribution in [-0.2, 0) is 4.79 Å². The van der Waals surface area contributed by atoms with Gasteiger partial charge in [0, 0.05) is 12.4 Å². The number of hydrogen-bond donors (Lipinski definition) is 0. The topological polar surface area (TPSA) is 29.4 Å². The van der Waals surface area contributed by atoms with Crippen LogP contribution in [0.25, 0.3) is 0 Å². The van der Waals surface area contributed by atoms with Gasteiger partial charge >= 0.3 is 0 Å². The summed E-state index contributed by atoms with van der Waals surface area (Å²) in [6.45, 7) is 0. The first-order chi connectivity index (χ1) is 4.22. The maximum absolute atomic E-state index is 10.7. The normalized spacial score (nSPS) is 26.2. The highest BCUT2D eigenvalue weighted by atomic mass is 35.5. The Labute approximate surface area is 62.2 Å². The summed E-state index contributed by atoms with van der Waals surface area (Å²) in [5.41, 5.74) is 0. The molecule has 1 unspecified atom stereocenters. The van der Waals surface area contributed by atoms with Crippen molar-refractivity contribution in [3.63, 3.8) is 0 Å². The molecule has 4 heteroatoms. The summed E-state index contributed by atoms with van der Waals surface area (Å²) in [5.74, 6) is -0.284. The lowest BCUT2D eigenvalue weighted by Crippen LogP contribution is -2.18. The van der Waals surface area contributed by atoms with E-state index in [9.17, 15) is 4.79 Å². The lowest BCUT2D eigenvalue weighted by Gasteiger charge is -2.03. The minimum atomic E-state index is -0.678. The van der Waals surface area contributed by atoms with E-state index in [0.29, 0.717) is 0 Å². The van der Waals surface area contributed by atoms with Crippen LogP contribution in [0, 0.1) is 0 Å². The number of ketones is 1. The molecule has 2 nitrogen and oxygen atoms in total. The first kappa shape index (κ1) is 6.78. The molecule has 0 amide bonds. The van der Waals surface area contributed by atoms with E-state index in [0.717, 1.165) is 0 Å². The standard InChI is InChI=1S/C5H3Cl2NO/c6-3-1-8-2-4(7)5(3)9/h1-3H. The first-order valence-corrected chi connectivity index (χ1v) is 3.10. The molecule has 48 valence electrons. The van der Waals surface area contributed by atoms with Crippen LogP contribution in [0.2, 0.25) is 0 Å². The third kappa shape index (κ3) is 1.32. The molecule has 0 fully saturated rings. The van der Waals surface area contributed by atoms with Gasteiger partial charge in [-0.2, -0.15) is 0 Å². The molecule has 1 aliphatic rings. The summed E-state index contributed by atoms with van der Waals surface area (Å²) in [7, 11) is 0. The van der Waals surface area contributed by atoms with Gasteiger partial charge in [0.05, 0.1) is 0 Å². The second kappa shape index (κ2) is 2.50. The van der Waals surface area contributed by atoms with Gasteiger partial charge in [0.15, 0.2) is 5.78 Å². The molecule has 0 radical (unpaired) electrons. The maximum atomic E-state index is 10.7. The Bertz CT molecular complexity index is 197. The van der Waals surface area contributed by atoms with Crippen molar-refractivity contribution >= 4 is 35.2 Å². The van der Waals surface area contributed by atoms with Gasteiger partial charge in [0.1, 0.15) is 10.4 Å². The Morgan fingerprint density at radius 1 is 1.67 bits per heavy atom. The molecule has 1 atom stereocenters. The molecule has 0 saturated heterocycles. The minimum Gasteiger partial charge on any atom is -0.291 e. The van der Waals surface area contributed by atoms with E-state index in [1.165, 1.54) is 12.4 Å². The van der Waals surface area contributed by atoms with Gasteiger partial charge in [0.2, 0.25) is 0 Å². The van der Waals surface area contributed by atoms with Crippen molar-refractivity contribution in [1.29, 1.82) is 0 Å². The van der Waals surface area contributed by atoms with E-state index in [2.05, 4.69) is 4.99 Å². The Morgan fingerprint density at radius 3 is 2.78 bits per heavy atom. The summed E-state index contributed by atoms with van der Waals surface area (Å²) in [6, 6.07) is 0. The smallest absolute Gasteiger partial charge is 0.198 e. The van der Waals surface area contributed by atoms with Crippen LogP contribution < -0.4 is 0 Å². The van der Waals surface area contributed by atoms with E-state index in [-0.39, 0.29) is 10.8 Å². The number of carbonyl (C=O) groups excluding carboxylic acids is 1. The van der Waals surface area contributed by atoms with Gasteiger partial charge in [-0.1, -0.05) is 11.6 Å². The predicted octanol–water partition coefficient (Wildman–Crippen LogP) is 1.33. The molecule has 1 heterocycles. The van der Waals surface area contributed by atoms with Crippen LogP contribution in [-0.4, -0.2) is 17.4 Å². The zero-order chi connectivity index (χ0) is 6.85. The molecule has 0 saturated carbocycles. The van der Waals surface area contributed by atoms with E-state index >= 15 is 0 Å². The lowest BCUT2D eigenvalue weighted by molar-refractivity contribution is -0.113.